The zero-order chi connectivity index (χ0) is 22.5. The third-order valence-corrected chi connectivity index (χ3v) is 5.82. The predicted octanol–water partition coefficient (Wildman–Crippen LogP) is 3.05. The summed E-state index contributed by atoms with van der Waals surface area (Å²) in [6, 6.07) is 17.6. The normalized spacial score (nSPS) is 15.0. The molecule has 7 heteroatoms. The maximum atomic E-state index is 13.1. The molecule has 0 unspecified atom stereocenters. The molecule has 7 nitrogen and oxygen atoms in total. The minimum absolute atomic E-state index is 0.210. The summed E-state index contributed by atoms with van der Waals surface area (Å²) in [5, 5.41) is 3.03. The molecule has 0 atom stereocenters. The highest BCUT2D eigenvalue weighted by Gasteiger charge is 2.22. The van der Waals surface area contributed by atoms with Crippen molar-refractivity contribution in [2.24, 2.45) is 0 Å². The molecule has 1 fully saturated rings. The number of nitrogens with zero attached hydrogens (tertiary/aromatic N) is 4. The number of rotatable bonds is 7. The van der Waals surface area contributed by atoms with E-state index in [1.165, 1.54) is 0 Å². The maximum Gasteiger partial charge on any atom is 0.273 e. The van der Waals surface area contributed by atoms with Gasteiger partial charge in [-0.2, -0.15) is 0 Å². The second-order valence-electron chi connectivity index (χ2n) is 8.40. The van der Waals surface area contributed by atoms with E-state index in [-0.39, 0.29) is 5.91 Å². The molecule has 1 aliphatic heterocycles. The van der Waals surface area contributed by atoms with E-state index in [4.69, 9.17) is 4.42 Å². The van der Waals surface area contributed by atoms with Crippen LogP contribution in [0.2, 0.25) is 0 Å². The molecule has 0 aliphatic carbocycles. The van der Waals surface area contributed by atoms with Gasteiger partial charge in [-0.15, -0.1) is 0 Å². The number of amides is 1. The third kappa shape index (κ3) is 5.18. The molecular formula is C25H31N5O2. The van der Waals surface area contributed by atoms with E-state index in [2.05, 4.69) is 27.1 Å². The first-order valence-electron chi connectivity index (χ1n) is 11.0. The van der Waals surface area contributed by atoms with E-state index >= 15 is 0 Å². The van der Waals surface area contributed by atoms with Crippen molar-refractivity contribution in [3.05, 3.63) is 60.3 Å². The van der Waals surface area contributed by atoms with Crippen LogP contribution < -0.4 is 10.2 Å². The van der Waals surface area contributed by atoms with Gasteiger partial charge in [-0.3, -0.25) is 9.69 Å². The SMILES string of the molecule is CN1CCN(CCNC(=O)c2nc(-c3ccc(N(C)C)cc3)oc2-c2ccccc2)CC1. The Morgan fingerprint density at radius 1 is 1.00 bits per heavy atom. The minimum atomic E-state index is -0.210. The summed E-state index contributed by atoms with van der Waals surface area (Å²) in [5.41, 5.74) is 3.08. The first-order valence-corrected chi connectivity index (χ1v) is 11.0. The van der Waals surface area contributed by atoms with Crippen molar-refractivity contribution in [2.75, 3.05) is 65.3 Å². The number of aromatic nitrogens is 1. The van der Waals surface area contributed by atoms with Crippen LogP contribution in [0.1, 0.15) is 10.5 Å². The number of oxazole rings is 1. The Hall–Kier alpha value is -3.16. The van der Waals surface area contributed by atoms with E-state index in [1.807, 2.05) is 73.6 Å². The van der Waals surface area contributed by atoms with Crippen molar-refractivity contribution < 1.29 is 9.21 Å². The standard InChI is InChI=1S/C25H31N5O2/c1-28(2)21-11-9-20(10-12-21)25-27-22(23(32-25)19-7-5-4-6-8-19)24(31)26-13-14-30-17-15-29(3)16-18-30/h4-12H,13-18H2,1-3H3,(H,26,31). The fourth-order valence-electron chi connectivity index (χ4n) is 3.77. The second-order valence-corrected chi connectivity index (χ2v) is 8.40. The number of benzene rings is 2. The minimum Gasteiger partial charge on any atom is -0.435 e. The Morgan fingerprint density at radius 3 is 2.34 bits per heavy atom. The van der Waals surface area contributed by atoms with E-state index in [0.29, 0.717) is 23.9 Å². The number of carbonyl (C=O) groups is 1. The Labute approximate surface area is 189 Å². The summed E-state index contributed by atoms with van der Waals surface area (Å²) in [5.74, 6) is 0.727. The van der Waals surface area contributed by atoms with E-state index in [1.54, 1.807) is 0 Å². The van der Waals surface area contributed by atoms with Gasteiger partial charge in [0, 0.05) is 70.2 Å². The number of hydrogen-bond donors (Lipinski definition) is 1. The summed E-state index contributed by atoms with van der Waals surface area (Å²) in [7, 11) is 6.14. The fraction of sp³-hybridized carbons (Fsp3) is 0.360. The maximum absolute atomic E-state index is 13.1. The molecule has 2 heterocycles. The Morgan fingerprint density at radius 2 is 1.69 bits per heavy atom. The van der Waals surface area contributed by atoms with Crippen molar-refractivity contribution in [2.45, 2.75) is 0 Å². The molecule has 0 spiro atoms. The van der Waals surface area contributed by atoms with Crippen LogP contribution in [0.25, 0.3) is 22.8 Å². The largest absolute Gasteiger partial charge is 0.435 e. The molecule has 1 saturated heterocycles. The van der Waals surface area contributed by atoms with Crippen molar-refractivity contribution in [3.8, 4) is 22.8 Å². The van der Waals surface area contributed by atoms with Crippen LogP contribution >= 0.6 is 0 Å². The van der Waals surface area contributed by atoms with Gasteiger partial charge in [-0.05, 0) is 31.3 Å². The molecule has 0 radical (unpaired) electrons. The van der Waals surface area contributed by atoms with Gasteiger partial charge in [0.1, 0.15) is 0 Å². The van der Waals surface area contributed by atoms with E-state index in [9.17, 15) is 4.79 Å². The highest BCUT2D eigenvalue weighted by Crippen LogP contribution is 2.30. The molecule has 1 N–H and O–H groups in total. The number of likely N-dealkylation sites (N-methyl/N-ethyl adjacent to an activating group) is 1. The highest BCUT2D eigenvalue weighted by atomic mass is 16.4. The molecule has 3 aromatic rings. The summed E-state index contributed by atoms with van der Waals surface area (Å²) in [6.07, 6.45) is 0. The summed E-state index contributed by atoms with van der Waals surface area (Å²) < 4.78 is 6.12. The smallest absolute Gasteiger partial charge is 0.273 e. The lowest BCUT2D eigenvalue weighted by atomic mass is 10.1. The van der Waals surface area contributed by atoms with Crippen molar-refractivity contribution in [1.29, 1.82) is 0 Å². The van der Waals surface area contributed by atoms with Crippen molar-refractivity contribution >= 4 is 11.6 Å². The van der Waals surface area contributed by atoms with Gasteiger partial charge >= 0.3 is 0 Å². The van der Waals surface area contributed by atoms with Crippen LogP contribution in [0.15, 0.2) is 59.0 Å². The average molecular weight is 434 g/mol. The van der Waals surface area contributed by atoms with Crippen LogP contribution in [0.4, 0.5) is 5.69 Å². The lowest BCUT2D eigenvalue weighted by Gasteiger charge is -2.32. The van der Waals surface area contributed by atoms with Gasteiger partial charge in [-0.1, -0.05) is 30.3 Å². The molecule has 1 aromatic heterocycles. The molecular weight excluding hydrogens is 402 g/mol. The Balaban J connectivity index is 1.52. The van der Waals surface area contributed by atoms with Gasteiger partial charge < -0.3 is 19.5 Å². The average Bonchev–Trinajstić information content (AvgIpc) is 3.27. The molecule has 1 amide bonds. The Bertz CT molecular complexity index is 1020. The number of hydrogen-bond acceptors (Lipinski definition) is 6. The van der Waals surface area contributed by atoms with Gasteiger partial charge in [0.25, 0.3) is 5.91 Å². The summed E-state index contributed by atoms with van der Waals surface area (Å²) >= 11 is 0. The van der Waals surface area contributed by atoms with Gasteiger partial charge in [0.05, 0.1) is 0 Å². The first-order chi connectivity index (χ1) is 15.5. The molecule has 1 aliphatic rings. The zero-order valence-corrected chi connectivity index (χ0v) is 19.0. The number of carbonyl (C=O) groups excluding carboxylic acids is 1. The molecule has 168 valence electrons. The van der Waals surface area contributed by atoms with Crippen molar-refractivity contribution in [1.82, 2.24) is 20.1 Å². The predicted molar refractivity (Wildman–Crippen MR) is 128 cm³/mol. The van der Waals surface area contributed by atoms with E-state index < -0.39 is 0 Å². The topological polar surface area (TPSA) is 64.8 Å². The fourth-order valence-corrected chi connectivity index (χ4v) is 3.77. The first kappa shape index (κ1) is 22.0. The molecule has 0 bridgehead atoms. The van der Waals surface area contributed by atoms with Crippen LogP contribution in [-0.2, 0) is 0 Å². The second kappa shape index (κ2) is 9.97. The third-order valence-electron chi connectivity index (χ3n) is 5.82. The van der Waals surface area contributed by atoms with Crippen molar-refractivity contribution in [3.63, 3.8) is 0 Å². The lowest BCUT2D eigenvalue weighted by molar-refractivity contribution is 0.0937. The van der Waals surface area contributed by atoms with Crippen LogP contribution in [-0.4, -0.2) is 81.1 Å². The number of anilines is 1. The van der Waals surface area contributed by atoms with Gasteiger partial charge in [-0.25, -0.2) is 4.98 Å². The highest BCUT2D eigenvalue weighted by molar-refractivity contribution is 5.98. The van der Waals surface area contributed by atoms with E-state index in [0.717, 1.165) is 49.5 Å². The van der Waals surface area contributed by atoms with Crippen LogP contribution in [0.3, 0.4) is 0 Å². The van der Waals surface area contributed by atoms with Crippen LogP contribution in [0, 0.1) is 0 Å². The number of piperazine rings is 1. The Kier molecular flexibility index (Phi) is 6.87. The zero-order valence-electron chi connectivity index (χ0n) is 19.0. The van der Waals surface area contributed by atoms with Gasteiger partial charge in [0.15, 0.2) is 11.5 Å². The summed E-state index contributed by atoms with van der Waals surface area (Å²) in [4.78, 5) is 24.4. The monoisotopic (exact) mass is 433 g/mol. The quantitative estimate of drug-likeness (QED) is 0.618. The van der Waals surface area contributed by atoms with Crippen LogP contribution in [0.5, 0.6) is 0 Å². The molecule has 0 saturated carbocycles. The van der Waals surface area contributed by atoms with Gasteiger partial charge in [0.2, 0.25) is 5.89 Å². The lowest BCUT2D eigenvalue weighted by Crippen LogP contribution is -2.46. The number of nitrogens with one attached hydrogen (secondary N) is 1. The molecule has 2 aromatic carbocycles. The molecule has 4 rings (SSSR count). The molecule has 32 heavy (non-hydrogen) atoms. The summed E-state index contributed by atoms with van der Waals surface area (Å²) in [6.45, 7) is 5.58.